The van der Waals surface area contributed by atoms with Crippen LogP contribution in [0.25, 0.3) is 0 Å². The van der Waals surface area contributed by atoms with E-state index in [0.717, 1.165) is 5.56 Å². The van der Waals surface area contributed by atoms with Crippen LogP contribution in [-0.4, -0.2) is 21.7 Å². The fourth-order valence-corrected chi connectivity index (χ4v) is 3.96. The Morgan fingerprint density at radius 2 is 1.37 bits per heavy atom. The highest BCUT2D eigenvalue weighted by Crippen LogP contribution is 2.33. The van der Waals surface area contributed by atoms with Crippen LogP contribution in [-0.2, 0) is 4.79 Å². The molecule has 0 aliphatic heterocycles. The molecule has 1 N–H and O–H groups in total. The van der Waals surface area contributed by atoms with E-state index in [9.17, 15) is 29.8 Å². The van der Waals surface area contributed by atoms with Crippen molar-refractivity contribution in [1.29, 1.82) is 0 Å². The molecule has 38 heavy (non-hydrogen) atoms. The van der Waals surface area contributed by atoms with Gasteiger partial charge >= 0.3 is 0 Å². The van der Waals surface area contributed by atoms with Crippen molar-refractivity contribution in [3.8, 4) is 0 Å². The highest BCUT2D eigenvalue weighted by Gasteiger charge is 2.36. The number of carbonyl (C=O) groups is 2. The van der Waals surface area contributed by atoms with Gasteiger partial charge < -0.3 is 5.32 Å². The van der Waals surface area contributed by atoms with E-state index in [4.69, 9.17) is 0 Å². The lowest BCUT2D eigenvalue weighted by molar-refractivity contribution is -0.385. The van der Waals surface area contributed by atoms with Crippen molar-refractivity contribution in [1.82, 2.24) is 0 Å². The topological polar surface area (TPSA) is 136 Å². The summed E-state index contributed by atoms with van der Waals surface area (Å²) in [5.74, 6) is -1.36. The maximum absolute atomic E-state index is 14.0. The molecule has 0 bridgehead atoms. The summed E-state index contributed by atoms with van der Waals surface area (Å²) in [5.41, 5.74) is 1.29. The maximum Gasteiger partial charge on any atom is 0.282 e. The molecule has 0 radical (unpaired) electrons. The van der Waals surface area contributed by atoms with Crippen LogP contribution in [0.1, 0.15) is 27.5 Å². The molecule has 0 saturated carbocycles. The Morgan fingerprint density at radius 3 is 1.97 bits per heavy atom. The van der Waals surface area contributed by atoms with Crippen molar-refractivity contribution in [2.75, 3.05) is 10.2 Å². The van der Waals surface area contributed by atoms with Crippen molar-refractivity contribution >= 4 is 34.6 Å². The second kappa shape index (κ2) is 11.1. The molecule has 0 aliphatic carbocycles. The van der Waals surface area contributed by atoms with Crippen LogP contribution in [0.5, 0.6) is 0 Å². The van der Waals surface area contributed by atoms with Gasteiger partial charge in [0, 0.05) is 29.6 Å². The number of nitrogens with zero attached hydrogens (tertiary/aromatic N) is 3. The van der Waals surface area contributed by atoms with E-state index < -0.39 is 33.4 Å². The fourth-order valence-electron chi connectivity index (χ4n) is 3.96. The first-order valence-electron chi connectivity index (χ1n) is 11.5. The minimum Gasteiger partial charge on any atom is -0.324 e. The van der Waals surface area contributed by atoms with E-state index in [0.29, 0.717) is 11.3 Å². The van der Waals surface area contributed by atoms with Crippen LogP contribution in [0, 0.1) is 27.2 Å². The van der Waals surface area contributed by atoms with Crippen LogP contribution in [0.2, 0.25) is 0 Å². The summed E-state index contributed by atoms with van der Waals surface area (Å²) in [6.07, 6.45) is 0. The number of carbonyl (C=O) groups excluding carboxylic acids is 2. The van der Waals surface area contributed by atoms with Gasteiger partial charge in [-0.1, -0.05) is 60.2 Å². The first-order chi connectivity index (χ1) is 18.3. The molecule has 4 aromatic rings. The van der Waals surface area contributed by atoms with Gasteiger partial charge in [-0.25, -0.2) is 0 Å². The molecule has 1 unspecified atom stereocenters. The second-order valence-corrected chi connectivity index (χ2v) is 8.39. The molecule has 1 atom stereocenters. The molecule has 10 nitrogen and oxygen atoms in total. The number of aryl methyl sites for hydroxylation is 1. The number of non-ortho nitro benzene ring substituents is 1. The molecule has 0 aromatic heterocycles. The Labute approximate surface area is 217 Å². The van der Waals surface area contributed by atoms with Gasteiger partial charge in [0.1, 0.15) is 11.6 Å². The van der Waals surface area contributed by atoms with Crippen molar-refractivity contribution < 1.29 is 19.4 Å². The zero-order valence-electron chi connectivity index (χ0n) is 20.2. The fraction of sp³-hybridized carbons (Fsp3) is 0.0714. The Kier molecular flexibility index (Phi) is 7.53. The molecule has 0 heterocycles. The highest BCUT2D eigenvalue weighted by molar-refractivity contribution is 6.13. The molecule has 0 fully saturated rings. The van der Waals surface area contributed by atoms with Gasteiger partial charge in [0.2, 0.25) is 0 Å². The van der Waals surface area contributed by atoms with Crippen molar-refractivity contribution in [2.24, 2.45) is 0 Å². The lowest BCUT2D eigenvalue weighted by Gasteiger charge is -2.31. The molecule has 0 saturated heterocycles. The third-order valence-electron chi connectivity index (χ3n) is 5.83. The quantitative estimate of drug-likeness (QED) is 0.234. The van der Waals surface area contributed by atoms with Crippen molar-refractivity contribution in [2.45, 2.75) is 13.0 Å². The summed E-state index contributed by atoms with van der Waals surface area (Å²) in [6.45, 7) is 1.87. The van der Waals surface area contributed by atoms with Gasteiger partial charge in [0.05, 0.1) is 9.85 Å². The van der Waals surface area contributed by atoms with E-state index in [1.807, 2.05) is 6.92 Å². The molecular weight excluding hydrogens is 488 g/mol. The standard InChI is InChI=1S/C28H22N4O6/c1-19-11-15-22(16-12-19)30(28(34)24-9-5-6-10-25(24)32(37)38)26(20-7-3-2-4-8-20)27(33)29-21-13-17-23(18-14-21)31(35)36/h2-18,26H,1H3,(H,29,33). The Bertz CT molecular complexity index is 1490. The molecule has 0 spiro atoms. The van der Waals surface area contributed by atoms with E-state index in [2.05, 4.69) is 5.32 Å². The van der Waals surface area contributed by atoms with Crippen LogP contribution >= 0.6 is 0 Å². The maximum atomic E-state index is 14.0. The zero-order chi connectivity index (χ0) is 27.2. The van der Waals surface area contributed by atoms with Crippen molar-refractivity contribution in [3.63, 3.8) is 0 Å². The van der Waals surface area contributed by atoms with E-state index in [1.54, 1.807) is 54.6 Å². The normalized spacial score (nSPS) is 11.3. The number of anilines is 2. The molecule has 10 heteroatoms. The van der Waals surface area contributed by atoms with Gasteiger partial charge in [0.25, 0.3) is 23.2 Å². The number of nitro benzene ring substituents is 2. The van der Waals surface area contributed by atoms with Crippen LogP contribution in [0.3, 0.4) is 0 Å². The van der Waals surface area contributed by atoms with Crippen molar-refractivity contribution in [3.05, 3.63) is 140 Å². The Hall–Kier alpha value is -5.38. The second-order valence-electron chi connectivity index (χ2n) is 8.39. The summed E-state index contributed by atoms with van der Waals surface area (Å²) in [7, 11) is 0. The summed E-state index contributed by atoms with van der Waals surface area (Å²) in [5, 5.41) is 25.5. The monoisotopic (exact) mass is 510 g/mol. The van der Waals surface area contributed by atoms with Gasteiger partial charge in [0.15, 0.2) is 0 Å². The third-order valence-corrected chi connectivity index (χ3v) is 5.83. The predicted molar refractivity (Wildman–Crippen MR) is 142 cm³/mol. The van der Waals surface area contributed by atoms with Gasteiger partial charge in [-0.3, -0.25) is 34.7 Å². The van der Waals surface area contributed by atoms with E-state index in [-0.39, 0.29) is 16.9 Å². The number of hydrogen-bond donors (Lipinski definition) is 1. The predicted octanol–water partition coefficient (Wildman–Crippen LogP) is 5.84. The van der Waals surface area contributed by atoms with Crippen LogP contribution < -0.4 is 10.2 Å². The lowest BCUT2D eigenvalue weighted by atomic mass is 10.0. The minimum atomic E-state index is -1.23. The number of benzene rings is 4. The van der Waals surface area contributed by atoms with E-state index in [1.165, 1.54) is 53.4 Å². The Morgan fingerprint density at radius 1 is 0.763 bits per heavy atom. The number of nitrogens with one attached hydrogen (secondary N) is 1. The largest absolute Gasteiger partial charge is 0.324 e. The Balaban J connectivity index is 1.85. The average molecular weight is 511 g/mol. The van der Waals surface area contributed by atoms with E-state index >= 15 is 0 Å². The molecule has 4 rings (SSSR count). The van der Waals surface area contributed by atoms with Gasteiger partial charge in [-0.2, -0.15) is 0 Å². The molecular formula is C28H22N4O6. The summed E-state index contributed by atoms with van der Waals surface area (Å²) >= 11 is 0. The number of nitro groups is 2. The number of hydrogen-bond acceptors (Lipinski definition) is 6. The molecule has 2 amide bonds. The van der Waals surface area contributed by atoms with Gasteiger partial charge in [-0.05, 0) is 42.8 Å². The summed E-state index contributed by atoms with van der Waals surface area (Å²) in [4.78, 5) is 50.6. The molecule has 0 aliphatic rings. The first-order valence-corrected chi connectivity index (χ1v) is 11.5. The first kappa shape index (κ1) is 25.7. The van der Waals surface area contributed by atoms with Gasteiger partial charge in [-0.15, -0.1) is 0 Å². The lowest BCUT2D eigenvalue weighted by Crippen LogP contribution is -2.41. The number of rotatable bonds is 8. The summed E-state index contributed by atoms with van der Waals surface area (Å²) in [6, 6.07) is 25.0. The zero-order valence-corrected chi connectivity index (χ0v) is 20.2. The molecule has 4 aromatic carbocycles. The van der Waals surface area contributed by atoms with Crippen LogP contribution in [0.15, 0.2) is 103 Å². The van der Waals surface area contributed by atoms with Crippen LogP contribution in [0.4, 0.5) is 22.7 Å². The molecule has 190 valence electrons. The minimum absolute atomic E-state index is 0.143. The number of para-hydroxylation sites is 1. The highest BCUT2D eigenvalue weighted by atomic mass is 16.6. The number of amides is 2. The smallest absolute Gasteiger partial charge is 0.282 e. The third kappa shape index (κ3) is 5.54. The average Bonchev–Trinajstić information content (AvgIpc) is 2.92. The summed E-state index contributed by atoms with van der Waals surface area (Å²) < 4.78 is 0. The SMILES string of the molecule is Cc1ccc(N(C(=O)c2ccccc2[N+](=O)[O-])C(C(=O)Nc2ccc([N+](=O)[O-])cc2)c2ccccc2)cc1.